The molecule has 0 bridgehead atoms. The van der Waals surface area contributed by atoms with E-state index in [9.17, 15) is 9.59 Å². The number of carbonyl (C=O) groups is 2. The minimum atomic E-state index is -0.921. The van der Waals surface area contributed by atoms with E-state index in [-0.39, 0.29) is 23.6 Å². The number of ether oxygens (including phenoxy) is 1. The van der Waals surface area contributed by atoms with Gasteiger partial charge in [0.15, 0.2) is 0 Å². The van der Waals surface area contributed by atoms with Gasteiger partial charge in [-0.3, -0.25) is 4.79 Å². The molecule has 18 heavy (non-hydrogen) atoms. The number of amides is 1. The molecule has 0 radical (unpaired) electrons. The molecule has 2 unspecified atom stereocenters. The maximum Gasteiger partial charge on any atom is 0.327 e. The SMILES string of the molecule is CCOCCC(=O)N1C(C(=O)O)CSC1C(C)C. The Hall–Kier alpha value is -0.750. The molecule has 0 aromatic carbocycles. The molecule has 0 aromatic heterocycles. The smallest absolute Gasteiger partial charge is 0.327 e. The lowest BCUT2D eigenvalue weighted by molar-refractivity contribution is -0.150. The second-order valence-corrected chi connectivity index (χ2v) is 5.72. The molecule has 0 spiro atoms. The first-order chi connectivity index (χ1) is 8.49. The highest BCUT2D eigenvalue weighted by Crippen LogP contribution is 2.34. The van der Waals surface area contributed by atoms with Crippen molar-refractivity contribution in [1.82, 2.24) is 4.90 Å². The summed E-state index contributed by atoms with van der Waals surface area (Å²) in [4.78, 5) is 24.8. The first-order valence-electron chi connectivity index (χ1n) is 6.22. The van der Waals surface area contributed by atoms with Gasteiger partial charge in [0.2, 0.25) is 5.91 Å². The van der Waals surface area contributed by atoms with Crippen LogP contribution in [0.4, 0.5) is 0 Å². The third kappa shape index (κ3) is 3.62. The average Bonchev–Trinajstić information content (AvgIpc) is 2.73. The minimum Gasteiger partial charge on any atom is -0.480 e. The van der Waals surface area contributed by atoms with Crippen LogP contribution >= 0.6 is 11.8 Å². The highest BCUT2D eigenvalue weighted by atomic mass is 32.2. The van der Waals surface area contributed by atoms with Crippen molar-refractivity contribution in [1.29, 1.82) is 0 Å². The third-order valence-electron chi connectivity index (χ3n) is 2.84. The highest BCUT2D eigenvalue weighted by molar-refractivity contribution is 8.00. The summed E-state index contributed by atoms with van der Waals surface area (Å²) in [6, 6.07) is -0.698. The molecule has 1 heterocycles. The number of carbonyl (C=O) groups excluding carboxylic acids is 1. The van der Waals surface area contributed by atoms with Gasteiger partial charge < -0.3 is 14.7 Å². The molecule has 0 aromatic rings. The number of nitrogens with zero attached hydrogens (tertiary/aromatic N) is 1. The van der Waals surface area contributed by atoms with Gasteiger partial charge in [-0.15, -0.1) is 11.8 Å². The lowest BCUT2D eigenvalue weighted by Gasteiger charge is -2.29. The van der Waals surface area contributed by atoms with Crippen LogP contribution in [0.2, 0.25) is 0 Å². The second kappa shape index (κ2) is 6.99. The fourth-order valence-electron chi connectivity index (χ4n) is 1.98. The predicted molar refractivity (Wildman–Crippen MR) is 70.5 cm³/mol. The summed E-state index contributed by atoms with van der Waals surface area (Å²) in [5, 5.41) is 9.12. The number of carboxylic acids is 1. The summed E-state index contributed by atoms with van der Waals surface area (Å²) in [5.41, 5.74) is 0. The van der Waals surface area contributed by atoms with Crippen molar-refractivity contribution in [3.05, 3.63) is 0 Å². The molecule has 1 aliphatic heterocycles. The maximum atomic E-state index is 12.1. The predicted octanol–water partition coefficient (Wildman–Crippen LogP) is 1.42. The molecule has 6 heteroatoms. The molecule has 1 fully saturated rings. The number of hydrogen-bond donors (Lipinski definition) is 1. The topological polar surface area (TPSA) is 66.8 Å². The van der Waals surface area contributed by atoms with Crippen LogP contribution in [0.15, 0.2) is 0 Å². The molecule has 0 aliphatic carbocycles. The van der Waals surface area contributed by atoms with Gasteiger partial charge in [0.25, 0.3) is 0 Å². The fourth-order valence-corrected chi connectivity index (χ4v) is 3.47. The van der Waals surface area contributed by atoms with Crippen molar-refractivity contribution in [3.63, 3.8) is 0 Å². The van der Waals surface area contributed by atoms with Crippen molar-refractivity contribution < 1.29 is 19.4 Å². The number of carboxylic acid groups (broad SMARTS) is 1. The molecule has 2 atom stereocenters. The monoisotopic (exact) mass is 275 g/mol. The molecule has 5 nitrogen and oxygen atoms in total. The Kier molecular flexibility index (Phi) is 5.95. The van der Waals surface area contributed by atoms with Crippen molar-refractivity contribution in [3.8, 4) is 0 Å². The number of rotatable bonds is 6. The van der Waals surface area contributed by atoms with Gasteiger partial charge in [0, 0.05) is 12.4 Å². The number of thioether (sulfide) groups is 1. The molecule has 1 amide bonds. The largest absolute Gasteiger partial charge is 0.480 e. The van der Waals surface area contributed by atoms with Crippen LogP contribution in [0.1, 0.15) is 27.2 Å². The van der Waals surface area contributed by atoms with Crippen LogP contribution in [0.3, 0.4) is 0 Å². The van der Waals surface area contributed by atoms with Gasteiger partial charge in [0.1, 0.15) is 6.04 Å². The lowest BCUT2D eigenvalue weighted by atomic mass is 10.1. The van der Waals surface area contributed by atoms with E-state index in [1.54, 1.807) is 11.8 Å². The van der Waals surface area contributed by atoms with Crippen molar-refractivity contribution in [2.24, 2.45) is 5.92 Å². The normalized spacial score (nSPS) is 23.7. The molecular weight excluding hydrogens is 254 g/mol. The van der Waals surface area contributed by atoms with Gasteiger partial charge >= 0.3 is 5.97 Å². The molecule has 1 rings (SSSR count). The van der Waals surface area contributed by atoms with Crippen LogP contribution in [0, 0.1) is 5.92 Å². The van der Waals surface area contributed by atoms with Gasteiger partial charge in [-0.1, -0.05) is 13.8 Å². The van der Waals surface area contributed by atoms with Crippen molar-refractivity contribution in [2.45, 2.75) is 38.6 Å². The fraction of sp³-hybridized carbons (Fsp3) is 0.833. The standard InChI is InChI=1S/C12H21NO4S/c1-4-17-6-5-10(14)13-9(12(15)16)7-18-11(13)8(2)3/h8-9,11H,4-7H2,1-3H3,(H,15,16). The van der Waals surface area contributed by atoms with E-state index in [4.69, 9.17) is 9.84 Å². The number of hydrogen-bond acceptors (Lipinski definition) is 4. The Balaban J connectivity index is 2.70. The van der Waals surface area contributed by atoms with E-state index < -0.39 is 12.0 Å². The quantitative estimate of drug-likeness (QED) is 0.743. The Labute approximate surface area is 112 Å². The zero-order valence-electron chi connectivity index (χ0n) is 11.1. The minimum absolute atomic E-state index is 0.0415. The van der Waals surface area contributed by atoms with E-state index >= 15 is 0 Å². The Morgan fingerprint density at radius 1 is 1.50 bits per heavy atom. The summed E-state index contributed by atoms with van der Waals surface area (Å²) < 4.78 is 5.15. The molecular formula is C12H21NO4S. The zero-order valence-corrected chi connectivity index (χ0v) is 11.9. The Bertz CT molecular complexity index is 308. The Morgan fingerprint density at radius 2 is 2.17 bits per heavy atom. The summed E-state index contributed by atoms with van der Waals surface area (Å²) in [6.45, 7) is 6.80. The molecule has 1 N–H and O–H groups in total. The maximum absolute atomic E-state index is 12.1. The van der Waals surface area contributed by atoms with Crippen LogP contribution in [0.5, 0.6) is 0 Å². The van der Waals surface area contributed by atoms with Crippen LogP contribution < -0.4 is 0 Å². The molecule has 1 saturated heterocycles. The van der Waals surface area contributed by atoms with Crippen molar-refractivity contribution >= 4 is 23.6 Å². The van der Waals surface area contributed by atoms with Gasteiger partial charge in [0.05, 0.1) is 18.4 Å². The third-order valence-corrected chi connectivity index (χ3v) is 4.46. The van der Waals surface area contributed by atoms with Crippen LogP contribution in [0.25, 0.3) is 0 Å². The van der Waals surface area contributed by atoms with E-state index in [1.807, 2.05) is 20.8 Å². The van der Waals surface area contributed by atoms with E-state index in [1.165, 1.54) is 4.90 Å². The van der Waals surface area contributed by atoms with E-state index in [0.29, 0.717) is 19.0 Å². The first kappa shape index (κ1) is 15.3. The number of aliphatic carboxylic acids is 1. The summed E-state index contributed by atoms with van der Waals surface area (Å²) in [7, 11) is 0. The van der Waals surface area contributed by atoms with Gasteiger partial charge in [-0.05, 0) is 12.8 Å². The molecule has 0 saturated carbocycles. The lowest BCUT2D eigenvalue weighted by Crippen LogP contribution is -2.47. The first-order valence-corrected chi connectivity index (χ1v) is 7.27. The molecule has 1 aliphatic rings. The summed E-state index contributed by atoms with van der Waals surface area (Å²) in [5.74, 6) is -0.330. The summed E-state index contributed by atoms with van der Waals surface area (Å²) >= 11 is 1.55. The van der Waals surface area contributed by atoms with E-state index in [0.717, 1.165) is 0 Å². The van der Waals surface area contributed by atoms with Crippen LogP contribution in [-0.4, -0.2) is 52.3 Å². The van der Waals surface area contributed by atoms with E-state index in [2.05, 4.69) is 0 Å². The highest BCUT2D eigenvalue weighted by Gasteiger charge is 2.42. The van der Waals surface area contributed by atoms with Gasteiger partial charge in [-0.2, -0.15) is 0 Å². The zero-order chi connectivity index (χ0) is 13.7. The summed E-state index contributed by atoms with van der Waals surface area (Å²) in [6.07, 6.45) is 0.251. The Morgan fingerprint density at radius 3 is 2.67 bits per heavy atom. The average molecular weight is 275 g/mol. The van der Waals surface area contributed by atoms with Gasteiger partial charge in [-0.25, -0.2) is 4.79 Å². The van der Waals surface area contributed by atoms with Crippen LogP contribution in [-0.2, 0) is 14.3 Å². The molecule has 104 valence electrons. The van der Waals surface area contributed by atoms with Crippen molar-refractivity contribution in [2.75, 3.05) is 19.0 Å². The second-order valence-electron chi connectivity index (χ2n) is 4.57.